The summed E-state index contributed by atoms with van der Waals surface area (Å²) in [6.45, 7) is 4.88. The number of piperidine rings is 2. The summed E-state index contributed by atoms with van der Waals surface area (Å²) >= 11 is 6.10. The lowest BCUT2D eigenvalue weighted by atomic mass is 9.96. The number of hydrogen-bond donors (Lipinski definition) is 2. The molecule has 0 radical (unpaired) electrons. The number of benzene rings is 1. The summed E-state index contributed by atoms with van der Waals surface area (Å²) in [4.78, 5) is 22.3. The number of aromatic nitrogens is 3. The number of carbonyl (C=O) groups is 1. The summed E-state index contributed by atoms with van der Waals surface area (Å²) < 4.78 is 6.34. The van der Waals surface area contributed by atoms with E-state index in [1.165, 1.54) is 5.56 Å². The summed E-state index contributed by atoms with van der Waals surface area (Å²) in [5.74, 6) is 1.37. The number of nitrogens with zero attached hydrogens (tertiary/aromatic N) is 5. The highest BCUT2D eigenvalue weighted by molar-refractivity contribution is 6.30. The molecule has 0 unspecified atom stereocenters. The van der Waals surface area contributed by atoms with Gasteiger partial charge in [-0.1, -0.05) is 23.7 Å². The van der Waals surface area contributed by atoms with Gasteiger partial charge in [0.1, 0.15) is 0 Å². The van der Waals surface area contributed by atoms with E-state index in [0.717, 1.165) is 69.3 Å². The van der Waals surface area contributed by atoms with Gasteiger partial charge < -0.3 is 20.3 Å². The van der Waals surface area contributed by atoms with Crippen LogP contribution in [-0.2, 0) is 16.0 Å². The topological polar surface area (TPSA) is 104 Å². The fourth-order valence-electron chi connectivity index (χ4n) is 5.52. The van der Waals surface area contributed by atoms with Crippen LogP contribution in [0.1, 0.15) is 37.7 Å². The smallest absolute Gasteiger partial charge is 0.226 e. The number of hydrogen-bond acceptors (Lipinski definition) is 7. The lowest BCUT2D eigenvalue weighted by molar-refractivity contribution is -0.139. The molecule has 2 aromatic rings. The molecule has 4 heterocycles. The summed E-state index contributed by atoms with van der Waals surface area (Å²) in [7, 11) is 0. The van der Waals surface area contributed by atoms with Crippen molar-refractivity contribution in [3.8, 4) is 0 Å². The number of carbonyl (C=O) groups excluding carboxylic acids is 1. The molecule has 0 bridgehead atoms. The van der Waals surface area contributed by atoms with Gasteiger partial charge in [0.15, 0.2) is 0 Å². The number of aromatic amines is 1. The van der Waals surface area contributed by atoms with Crippen LogP contribution in [0.15, 0.2) is 24.3 Å². The van der Waals surface area contributed by atoms with E-state index >= 15 is 0 Å². The quantitative estimate of drug-likeness (QED) is 0.644. The number of H-pyrrole nitrogens is 1. The molecule has 5 rings (SSSR count). The van der Waals surface area contributed by atoms with E-state index in [9.17, 15) is 4.79 Å². The molecule has 1 amide bonds. The number of halogens is 1. The van der Waals surface area contributed by atoms with Gasteiger partial charge in [0.05, 0.1) is 12.7 Å². The molecule has 3 fully saturated rings. The van der Waals surface area contributed by atoms with Gasteiger partial charge >= 0.3 is 0 Å². The van der Waals surface area contributed by atoms with Gasteiger partial charge in [-0.05, 0) is 49.8 Å². The van der Waals surface area contributed by atoms with E-state index in [-0.39, 0.29) is 12.0 Å². The van der Waals surface area contributed by atoms with E-state index in [0.29, 0.717) is 37.6 Å². The van der Waals surface area contributed by atoms with Gasteiger partial charge in [-0.3, -0.25) is 14.7 Å². The minimum absolute atomic E-state index is 0.0515. The Morgan fingerprint density at radius 3 is 2.62 bits per heavy atom. The first-order valence-electron chi connectivity index (χ1n) is 12.4. The minimum Gasteiger partial charge on any atom is -0.373 e. The number of nitrogens with two attached hydrogens (primary N) is 1. The number of likely N-dealkylation sites (tertiary alicyclic amines) is 1. The Kier molecular flexibility index (Phi) is 7.22. The number of nitrogens with one attached hydrogen (secondary N) is 1. The Bertz CT molecular complexity index is 960. The fourth-order valence-corrected chi connectivity index (χ4v) is 5.65. The Morgan fingerprint density at radius 1 is 1.12 bits per heavy atom. The van der Waals surface area contributed by atoms with Crippen LogP contribution in [0.3, 0.4) is 0 Å². The summed E-state index contributed by atoms with van der Waals surface area (Å²) in [5.41, 5.74) is 6.98. The highest BCUT2D eigenvalue weighted by atomic mass is 35.5. The van der Waals surface area contributed by atoms with Crippen LogP contribution < -0.4 is 10.6 Å². The van der Waals surface area contributed by atoms with Crippen molar-refractivity contribution in [3.05, 3.63) is 34.9 Å². The average Bonchev–Trinajstić information content (AvgIpc) is 3.29. The van der Waals surface area contributed by atoms with E-state index in [4.69, 9.17) is 22.1 Å². The Hall–Kier alpha value is -2.36. The molecule has 1 aromatic heterocycles. The summed E-state index contributed by atoms with van der Waals surface area (Å²) in [6, 6.07) is 8.88. The Balaban J connectivity index is 1.26. The second-order valence-corrected chi connectivity index (χ2v) is 10.1. The van der Waals surface area contributed by atoms with E-state index in [1.807, 2.05) is 17.0 Å². The predicted molar refractivity (Wildman–Crippen MR) is 132 cm³/mol. The number of rotatable bonds is 6. The SMILES string of the molecule is Nc1nnc(N2CCC(N3C[C@H](CN4CCCCC4=O)OC[C@@H]3Cc3ccc(Cl)cc3)CC2)[nH]1. The predicted octanol–water partition coefficient (Wildman–Crippen LogP) is 2.33. The van der Waals surface area contributed by atoms with Crippen LogP contribution in [0, 0.1) is 0 Å². The van der Waals surface area contributed by atoms with Crippen molar-refractivity contribution in [1.29, 1.82) is 0 Å². The first-order chi connectivity index (χ1) is 16.5. The second-order valence-electron chi connectivity index (χ2n) is 9.69. The second kappa shape index (κ2) is 10.5. The maximum absolute atomic E-state index is 12.4. The van der Waals surface area contributed by atoms with E-state index in [2.05, 4.69) is 37.1 Å². The van der Waals surface area contributed by atoms with Crippen LogP contribution in [0.2, 0.25) is 5.02 Å². The van der Waals surface area contributed by atoms with Gasteiger partial charge in [0.25, 0.3) is 0 Å². The molecular formula is C24H34ClN7O2. The van der Waals surface area contributed by atoms with Crippen molar-refractivity contribution in [2.75, 3.05) is 50.0 Å². The molecule has 0 saturated carbocycles. The highest BCUT2D eigenvalue weighted by Crippen LogP contribution is 2.27. The van der Waals surface area contributed by atoms with Gasteiger partial charge in [-0.25, -0.2) is 0 Å². The normalized spacial score (nSPS) is 25.1. The monoisotopic (exact) mass is 487 g/mol. The number of ether oxygens (including phenoxy) is 1. The largest absolute Gasteiger partial charge is 0.373 e. The van der Waals surface area contributed by atoms with Gasteiger partial charge in [0.2, 0.25) is 17.8 Å². The molecule has 184 valence electrons. The third-order valence-electron chi connectivity index (χ3n) is 7.36. The molecule has 34 heavy (non-hydrogen) atoms. The fraction of sp³-hybridized carbons (Fsp3) is 0.625. The van der Waals surface area contributed by atoms with Gasteiger partial charge in [-0.2, -0.15) is 0 Å². The Labute approximate surface area is 205 Å². The lowest BCUT2D eigenvalue weighted by Gasteiger charge is -2.47. The maximum Gasteiger partial charge on any atom is 0.226 e. The van der Waals surface area contributed by atoms with Crippen molar-refractivity contribution in [3.63, 3.8) is 0 Å². The van der Waals surface area contributed by atoms with Crippen molar-refractivity contribution in [1.82, 2.24) is 25.0 Å². The molecule has 0 spiro atoms. The molecule has 3 saturated heterocycles. The summed E-state index contributed by atoms with van der Waals surface area (Å²) in [5, 5.41) is 8.81. The molecule has 1 aromatic carbocycles. The Morgan fingerprint density at radius 2 is 1.91 bits per heavy atom. The molecule has 10 heteroatoms. The van der Waals surface area contributed by atoms with Crippen molar-refractivity contribution < 1.29 is 9.53 Å². The molecule has 3 N–H and O–H groups in total. The van der Waals surface area contributed by atoms with Gasteiger partial charge in [-0.15, -0.1) is 10.2 Å². The van der Waals surface area contributed by atoms with Crippen LogP contribution in [0.5, 0.6) is 0 Å². The number of nitrogen functional groups attached to an aromatic ring is 1. The number of morpholine rings is 1. The van der Waals surface area contributed by atoms with Crippen LogP contribution >= 0.6 is 11.6 Å². The molecule has 3 aliphatic heterocycles. The zero-order chi connectivity index (χ0) is 23.5. The van der Waals surface area contributed by atoms with Crippen molar-refractivity contribution in [2.24, 2.45) is 0 Å². The third-order valence-corrected chi connectivity index (χ3v) is 7.62. The standard InChI is InChI=1S/C24H34ClN7O2/c25-18-6-4-17(5-7-18)13-20-16-34-21(14-31-10-2-1-3-22(31)33)15-32(20)19-8-11-30(12-9-19)24-27-23(26)28-29-24/h4-7,19-21H,1-3,8-16H2,(H3,26,27,28,29)/t20-,21-/m0/s1. The summed E-state index contributed by atoms with van der Waals surface area (Å²) in [6.07, 6.45) is 5.80. The first-order valence-corrected chi connectivity index (χ1v) is 12.8. The third kappa shape index (κ3) is 5.47. The minimum atomic E-state index is 0.0515. The average molecular weight is 488 g/mol. The number of amides is 1. The molecule has 9 nitrogen and oxygen atoms in total. The lowest BCUT2D eigenvalue weighted by Crippen LogP contribution is -2.59. The molecule has 2 atom stereocenters. The molecule has 0 aliphatic carbocycles. The molecular weight excluding hydrogens is 454 g/mol. The first kappa shape index (κ1) is 23.4. The van der Waals surface area contributed by atoms with E-state index in [1.54, 1.807) is 0 Å². The van der Waals surface area contributed by atoms with Crippen LogP contribution in [0.4, 0.5) is 11.9 Å². The van der Waals surface area contributed by atoms with Crippen molar-refractivity contribution >= 4 is 29.4 Å². The van der Waals surface area contributed by atoms with E-state index < -0.39 is 0 Å². The highest BCUT2D eigenvalue weighted by Gasteiger charge is 2.37. The number of anilines is 2. The van der Waals surface area contributed by atoms with Crippen LogP contribution in [0.25, 0.3) is 0 Å². The van der Waals surface area contributed by atoms with Gasteiger partial charge in [0, 0.05) is 56.3 Å². The maximum atomic E-state index is 12.4. The van der Waals surface area contributed by atoms with Crippen molar-refractivity contribution in [2.45, 2.75) is 56.7 Å². The molecule has 3 aliphatic rings. The zero-order valence-corrected chi connectivity index (χ0v) is 20.3. The zero-order valence-electron chi connectivity index (χ0n) is 19.5. The van der Waals surface area contributed by atoms with Crippen LogP contribution in [-0.4, -0.2) is 88.4 Å².